The van der Waals surface area contributed by atoms with Crippen LogP contribution in [0.15, 0.2) is 46.9 Å². The molecule has 0 aliphatic carbocycles. The first kappa shape index (κ1) is 13.8. The Kier molecular flexibility index (Phi) is 4.38. The second-order valence-corrected chi connectivity index (χ2v) is 5.44. The molecule has 0 aliphatic heterocycles. The number of carbonyl (C=O) groups excluding carboxylic acids is 1. The molecule has 0 bridgehead atoms. The molecule has 0 saturated carbocycles. The number of hydrogen-bond acceptors (Lipinski definition) is 1. The van der Waals surface area contributed by atoms with Gasteiger partial charge >= 0.3 is 0 Å². The van der Waals surface area contributed by atoms with Gasteiger partial charge in [-0.15, -0.1) is 0 Å². The van der Waals surface area contributed by atoms with Gasteiger partial charge in [-0.2, -0.15) is 0 Å². The highest BCUT2D eigenvalue weighted by atomic mass is 79.9. The molecule has 0 fully saturated rings. The molecule has 0 spiro atoms. The third-order valence-corrected chi connectivity index (χ3v) is 3.38. The molecule has 2 rings (SSSR count). The van der Waals surface area contributed by atoms with Gasteiger partial charge in [0.1, 0.15) is 0 Å². The van der Waals surface area contributed by atoms with Gasteiger partial charge in [-0.25, -0.2) is 0 Å². The van der Waals surface area contributed by atoms with Crippen LogP contribution in [0.1, 0.15) is 28.4 Å². The van der Waals surface area contributed by atoms with Crippen molar-refractivity contribution in [2.45, 2.75) is 20.3 Å². The zero-order chi connectivity index (χ0) is 13.8. The third kappa shape index (κ3) is 3.67. The van der Waals surface area contributed by atoms with Gasteiger partial charge in [-0.05, 0) is 54.8 Å². The van der Waals surface area contributed by atoms with Crippen molar-refractivity contribution in [2.75, 3.05) is 5.32 Å². The topological polar surface area (TPSA) is 29.1 Å². The molecule has 2 aromatic rings. The van der Waals surface area contributed by atoms with Gasteiger partial charge in [-0.1, -0.05) is 35.0 Å². The van der Waals surface area contributed by atoms with Gasteiger partial charge in [0.15, 0.2) is 0 Å². The zero-order valence-electron chi connectivity index (χ0n) is 11.0. The van der Waals surface area contributed by atoms with Crippen LogP contribution >= 0.6 is 15.9 Å². The lowest BCUT2D eigenvalue weighted by atomic mass is 10.1. The minimum Gasteiger partial charge on any atom is -0.322 e. The highest BCUT2D eigenvalue weighted by Crippen LogP contribution is 2.19. The standard InChI is InChI=1S/C16H16BrNO/c1-3-12-4-6-13(7-5-12)16(19)18-15-9-11(2)8-14(17)10-15/h4-10H,3H2,1-2H3,(H,18,19). The molecule has 0 unspecified atom stereocenters. The Hall–Kier alpha value is -1.61. The molecule has 0 radical (unpaired) electrons. The van der Waals surface area contributed by atoms with Crippen LogP contribution in [0.5, 0.6) is 0 Å². The van der Waals surface area contributed by atoms with Crippen molar-refractivity contribution in [3.05, 3.63) is 63.6 Å². The lowest BCUT2D eigenvalue weighted by Crippen LogP contribution is -2.11. The third-order valence-electron chi connectivity index (χ3n) is 2.92. The van der Waals surface area contributed by atoms with Crippen molar-refractivity contribution in [3.63, 3.8) is 0 Å². The van der Waals surface area contributed by atoms with Crippen LogP contribution in [-0.2, 0) is 6.42 Å². The molecule has 1 N–H and O–H groups in total. The molecule has 0 saturated heterocycles. The maximum absolute atomic E-state index is 12.1. The van der Waals surface area contributed by atoms with E-state index in [1.54, 1.807) is 0 Å². The minimum absolute atomic E-state index is 0.0832. The molecule has 2 nitrogen and oxygen atoms in total. The smallest absolute Gasteiger partial charge is 0.255 e. The van der Waals surface area contributed by atoms with Crippen LogP contribution in [0.4, 0.5) is 5.69 Å². The first-order valence-corrected chi connectivity index (χ1v) is 7.05. The van der Waals surface area contributed by atoms with E-state index in [4.69, 9.17) is 0 Å². The van der Waals surface area contributed by atoms with E-state index in [9.17, 15) is 4.79 Å². The Morgan fingerprint density at radius 1 is 1.16 bits per heavy atom. The maximum atomic E-state index is 12.1. The van der Waals surface area contributed by atoms with Gasteiger partial charge in [-0.3, -0.25) is 4.79 Å². The highest BCUT2D eigenvalue weighted by molar-refractivity contribution is 9.10. The largest absolute Gasteiger partial charge is 0.322 e. The normalized spacial score (nSPS) is 10.3. The summed E-state index contributed by atoms with van der Waals surface area (Å²) in [6.07, 6.45) is 0.979. The molecule has 3 heteroatoms. The molecule has 98 valence electrons. The summed E-state index contributed by atoms with van der Waals surface area (Å²) in [4.78, 5) is 12.1. The number of nitrogens with one attached hydrogen (secondary N) is 1. The van der Waals surface area contributed by atoms with E-state index in [-0.39, 0.29) is 5.91 Å². The fourth-order valence-electron chi connectivity index (χ4n) is 1.90. The van der Waals surface area contributed by atoms with Crippen LogP contribution < -0.4 is 5.32 Å². The second-order valence-electron chi connectivity index (χ2n) is 4.52. The van der Waals surface area contributed by atoms with Crippen molar-refractivity contribution < 1.29 is 4.79 Å². The summed E-state index contributed by atoms with van der Waals surface area (Å²) < 4.78 is 0.962. The van der Waals surface area contributed by atoms with Crippen LogP contribution in [0.3, 0.4) is 0 Å². The van der Waals surface area contributed by atoms with E-state index < -0.39 is 0 Å². The number of aryl methyl sites for hydroxylation is 2. The summed E-state index contributed by atoms with van der Waals surface area (Å²) in [5.41, 5.74) is 3.81. The molecule has 1 amide bonds. The molecule has 0 atom stereocenters. The fourth-order valence-corrected chi connectivity index (χ4v) is 2.51. The van der Waals surface area contributed by atoms with E-state index in [1.165, 1.54) is 5.56 Å². The number of rotatable bonds is 3. The van der Waals surface area contributed by atoms with E-state index in [1.807, 2.05) is 49.4 Å². The van der Waals surface area contributed by atoms with Crippen molar-refractivity contribution in [1.82, 2.24) is 0 Å². The molecular formula is C16H16BrNO. The van der Waals surface area contributed by atoms with Crippen LogP contribution in [0.2, 0.25) is 0 Å². The van der Waals surface area contributed by atoms with Crippen molar-refractivity contribution in [3.8, 4) is 0 Å². The van der Waals surface area contributed by atoms with Gasteiger partial charge in [0, 0.05) is 15.7 Å². The number of anilines is 1. The summed E-state index contributed by atoms with van der Waals surface area (Å²) >= 11 is 3.43. The Balaban J connectivity index is 2.15. The van der Waals surface area contributed by atoms with Gasteiger partial charge in [0.2, 0.25) is 0 Å². The van der Waals surface area contributed by atoms with Gasteiger partial charge < -0.3 is 5.32 Å². The molecule has 0 aromatic heterocycles. The Morgan fingerprint density at radius 2 is 1.84 bits per heavy atom. The molecule has 19 heavy (non-hydrogen) atoms. The Morgan fingerprint density at radius 3 is 2.42 bits per heavy atom. The summed E-state index contributed by atoms with van der Waals surface area (Å²) in [6.45, 7) is 4.09. The quantitative estimate of drug-likeness (QED) is 0.882. The van der Waals surface area contributed by atoms with Gasteiger partial charge in [0.05, 0.1) is 0 Å². The first-order valence-electron chi connectivity index (χ1n) is 6.26. The van der Waals surface area contributed by atoms with Crippen LogP contribution in [0, 0.1) is 6.92 Å². The van der Waals surface area contributed by atoms with Crippen molar-refractivity contribution in [1.29, 1.82) is 0 Å². The number of amides is 1. The summed E-state index contributed by atoms with van der Waals surface area (Å²) in [7, 11) is 0. The van der Waals surface area contributed by atoms with Crippen LogP contribution in [-0.4, -0.2) is 5.91 Å². The molecule has 2 aromatic carbocycles. The zero-order valence-corrected chi connectivity index (χ0v) is 12.6. The summed E-state index contributed by atoms with van der Waals surface area (Å²) in [5.74, 6) is -0.0832. The van der Waals surface area contributed by atoms with Gasteiger partial charge in [0.25, 0.3) is 5.91 Å². The number of halogens is 1. The van der Waals surface area contributed by atoms with E-state index >= 15 is 0 Å². The monoisotopic (exact) mass is 317 g/mol. The molecule has 0 heterocycles. The van der Waals surface area contributed by atoms with Crippen molar-refractivity contribution in [2.24, 2.45) is 0 Å². The van der Waals surface area contributed by atoms with E-state index in [2.05, 4.69) is 28.2 Å². The summed E-state index contributed by atoms with van der Waals surface area (Å²) in [6, 6.07) is 13.5. The number of hydrogen-bond donors (Lipinski definition) is 1. The lowest BCUT2D eigenvalue weighted by Gasteiger charge is -2.07. The highest BCUT2D eigenvalue weighted by Gasteiger charge is 2.06. The SMILES string of the molecule is CCc1ccc(C(=O)Nc2cc(C)cc(Br)c2)cc1. The minimum atomic E-state index is -0.0832. The van der Waals surface area contributed by atoms with Crippen LogP contribution in [0.25, 0.3) is 0 Å². The summed E-state index contributed by atoms with van der Waals surface area (Å²) in [5, 5.41) is 2.91. The maximum Gasteiger partial charge on any atom is 0.255 e. The molecule has 0 aliphatic rings. The lowest BCUT2D eigenvalue weighted by molar-refractivity contribution is 0.102. The predicted octanol–water partition coefficient (Wildman–Crippen LogP) is 4.57. The second kappa shape index (κ2) is 6.02. The fraction of sp³-hybridized carbons (Fsp3) is 0.188. The molecular weight excluding hydrogens is 302 g/mol. The number of carbonyl (C=O) groups is 1. The average Bonchev–Trinajstić information content (AvgIpc) is 2.37. The Labute approximate surface area is 122 Å². The van der Waals surface area contributed by atoms with E-state index in [0.29, 0.717) is 5.56 Å². The average molecular weight is 318 g/mol. The predicted molar refractivity (Wildman–Crippen MR) is 82.7 cm³/mol. The van der Waals surface area contributed by atoms with E-state index in [0.717, 1.165) is 22.1 Å². The number of benzene rings is 2. The Bertz CT molecular complexity index is 570. The first-order chi connectivity index (χ1) is 9.08. The van der Waals surface area contributed by atoms with Crippen molar-refractivity contribution >= 4 is 27.5 Å².